The van der Waals surface area contributed by atoms with E-state index in [1.54, 1.807) is 0 Å². The standard InChI is InChI=1S/C21H30F3NO3/c22-21(23,24)12-28-19(27)17-4-2-1-3-16(17)18(26)25-11-20-8-13-5-14(9-20)7-15(6-13)10-20/h13-17H,1-12H2,(H,25,26)/t13?,14?,15?,16-,17+,20?/m1/s1. The molecule has 28 heavy (non-hydrogen) atoms. The molecule has 0 heterocycles. The molecule has 0 aliphatic heterocycles. The van der Waals surface area contributed by atoms with Crippen molar-refractivity contribution in [2.75, 3.05) is 13.2 Å². The lowest BCUT2D eigenvalue weighted by atomic mass is 9.49. The summed E-state index contributed by atoms with van der Waals surface area (Å²) in [6.07, 6.45) is 5.53. The van der Waals surface area contributed by atoms with E-state index in [4.69, 9.17) is 0 Å². The van der Waals surface area contributed by atoms with Crippen molar-refractivity contribution >= 4 is 11.9 Å². The van der Waals surface area contributed by atoms with E-state index < -0.39 is 30.6 Å². The molecule has 0 unspecified atom stereocenters. The van der Waals surface area contributed by atoms with Gasteiger partial charge in [0.05, 0.1) is 11.8 Å². The van der Waals surface area contributed by atoms with Crippen molar-refractivity contribution in [3.63, 3.8) is 0 Å². The van der Waals surface area contributed by atoms with Crippen molar-refractivity contribution in [2.45, 2.75) is 70.4 Å². The Hall–Kier alpha value is -1.27. The van der Waals surface area contributed by atoms with Crippen LogP contribution in [0, 0.1) is 35.0 Å². The maximum atomic E-state index is 12.9. The van der Waals surface area contributed by atoms with Crippen molar-refractivity contribution in [1.29, 1.82) is 0 Å². The van der Waals surface area contributed by atoms with Crippen molar-refractivity contribution in [3.05, 3.63) is 0 Å². The highest BCUT2D eigenvalue weighted by atomic mass is 19.4. The lowest BCUT2D eigenvalue weighted by Gasteiger charge is -2.57. The summed E-state index contributed by atoms with van der Waals surface area (Å²) < 4.78 is 41.5. The molecule has 158 valence electrons. The fourth-order valence-corrected chi connectivity index (χ4v) is 6.90. The van der Waals surface area contributed by atoms with Crippen LogP contribution in [0.15, 0.2) is 0 Å². The number of carbonyl (C=O) groups excluding carboxylic acids is 2. The first-order valence-electron chi connectivity index (χ1n) is 10.7. The van der Waals surface area contributed by atoms with E-state index in [-0.39, 0.29) is 11.3 Å². The van der Waals surface area contributed by atoms with Gasteiger partial charge in [-0.1, -0.05) is 12.8 Å². The molecule has 0 radical (unpaired) electrons. The molecule has 5 saturated carbocycles. The number of esters is 1. The molecule has 0 spiro atoms. The third kappa shape index (κ3) is 4.33. The zero-order chi connectivity index (χ0) is 19.9. The summed E-state index contributed by atoms with van der Waals surface area (Å²) >= 11 is 0. The highest BCUT2D eigenvalue weighted by Gasteiger charge is 2.51. The average Bonchev–Trinajstić information content (AvgIpc) is 2.62. The molecule has 0 aromatic carbocycles. The molecule has 5 fully saturated rings. The second kappa shape index (κ2) is 7.52. The van der Waals surface area contributed by atoms with Crippen LogP contribution in [0.1, 0.15) is 64.2 Å². The van der Waals surface area contributed by atoms with Gasteiger partial charge in [-0.25, -0.2) is 0 Å². The topological polar surface area (TPSA) is 55.4 Å². The molecule has 2 atom stereocenters. The maximum Gasteiger partial charge on any atom is 0.422 e. The lowest BCUT2D eigenvalue weighted by Crippen LogP contribution is -2.52. The summed E-state index contributed by atoms with van der Waals surface area (Å²) in [7, 11) is 0. The van der Waals surface area contributed by atoms with E-state index in [2.05, 4.69) is 10.1 Å². The molecule has 0 saturated heterocycles. The molecule has 4 bridgehead atoms. The second-order valence-corrected chi connectivity index (χ2v) is 9.86. The van der Waals surface area contributed by atoms with Gasteiger partial charge < -0.3 is 10.1 Å². The number of hydrogen-bond acceptors (Lipinski definition) is 3. The van der Waals surface area contributed by atoms with Crippen molar-refractivity contribution < 1.29 is 27.5 Å². The first-order chi connectivity index (χ1) is 13.2. The van der Waals surface area contributed by atoms with Crippen molar-refractivity contribution in [3.8, 4) is 0 Å². The fourth-order valence-electron chi connectivity index (χ4n) is 6.90. The number of alkyl halides is 3. The van der Waals surface area contributed by atoms with Crippen LogP contribution in [-0.2, 0) is 14.3 Å². The molecule has 1 amide bonds. The average molecular weight is 401 g/mol. The number of halogens is 3. The van der Waals surface area contributed by atoms with Gasteiger partial charge >= 0.3 is 12.1 Å². The van der Waals surface area contributed by atoms with Crippen LogP contribution in [0.5, 0.6) is 0 Å². The Bertz CT molecular complexity index is 583. The molecule has 0 aromatic rings. The number of ether oxygens (including phenoxy) is 1. The van der Waals surface area contributed by atoms with Gasteiger partial charge in [0.2, 0.25) is 5.91 Å². The number of amides is 1. The minimum atomic E-state index is -4.54. The minimum absolute atomic E-state index is 0.176. The van der Waals surface area contributed by atoms with Crippen LogP contribution >= 0.6 is 0 Å². The molecule has 5 aliphatic carbocycles. The third-order valence-electron chi connectivity index (χ3n) is 7.59. The Balaban J connectivity index is 1.34. The Kier molecular flexibility index (Phi) is 5.38. The molecular formula is C21H30F3NO3. The van der Waals surface area contributed by atoms with Crippen molar-refractivity contribution in [2.24, 2.45) is 35.0 Å². The van der Waals surface area contributed by atoms with Gasteiger partial charge in [-0.3, -0.25) is 9.59 Å². The normalized spacial score (nSPS) is 39.6. The molecule has 0 aromatic heterocycles. The summed E-state index contributed by atoms with van der Waals surface area (Å²) in [4.78, 5) is 25.0. The maximum absolute atomic E-state index is 12.9. The second-order valence-electron chi connectivity index (χ2n) is 9.86. The summed E-state index contributed by atoms with van der Waals surface area (Å²) in [5.74, 6) is 0.000949. The molecule has 5 rings (SSSR count). The van der Waals surface area contributed by atoms with E-state index in [0.29, 0.717) is 19.4 Å². The first kappa shape index (κ1) is 20.0. The summed E-state index contributed by atoms with van der Waals surface area (Å²) in [5.41, 5.74) is 0.200. The van der Waals surface area contributed by atoms with Gasteiger partial charge in [0.25, 0.3) is 0 Å². The fraction of sp³-hybridized carbons (Fsp3) is 0.905. The largest absolute Gasteiger partial charge is 0.456 e. The Morgan fingerprint density at radius 3 is 2.00 bits per heavy atom. The van der Waals surface area contributed by atoms with Crippen LogP contribution in [0.4, 0.5) is 13.2 Å². The highest BCUT2D eigenvalue weighted by molar-refractivity contribution is 5.85. The summed E-state index contributed by atoms with van der Waals surface area (Å²) in [6.45, 7) is -0.930. The minimum Gasteiger partial charge on any atom is -0.456 e. The summed E-state index contributed by atoms with van der Waals surface area (Å²) in [6, 6.07) is 0. The van der Waals surface area contributed by atoms with Gasteiger partial charge in [-0.15, -0.1) is 0 Å². The Morgan fingerprint density at radius 2 is 1.46 bits per heavy atom. The van der Waals surface area contributed by atoms with Gasteiger partial charge in [-0.05, 0) is 74.5 Å². The summed E-state index contributed by atoms with van der Waals surface area (Å²) in [5, 5.41) is 3.10. The lowest BCUT2D eigenvalue weighted by molar-refractivity contribution is -0.191. The van der Waals surface area contributed by atoms with Crippen LogP contribution in [0.3, 0.4) is 0 Å². The van der Waals surface area contributed by atoms with Gasteiger partial charge in [0, 0.05) is 6.54 Å². The van der Waals surface area contributed by atoms with Crippen LogP contribution in [0.25, 0.3) is 0 Å². The number of hydrogen-bond donors (Lipinski definition) is 1. The van der Waals surface area contributed by atoms with E-state index in [1.165, 1.54) is 38.5 Å². The van der Waals surface area contributed by atoms with Crippen LogP contribution < -0.4 is 5.32 Å². The predicted molar refractivity (Wildman–Crippen MR) is 96.1 cm³/mol. The molecule has 7 heteroatoms. The van der Waals surface area contributed by atoms with Crippen LogP contribution in [0.2, 0.25) is 0 Å². The molecular weight excluding hydrogens is 371 g/mol. The Labute approximate surface area is 163 Å². The zero-order valence-electron chi connectivity index (χ0n) is 16.2. The van der Waals surface area contributed by atoms with Crippen LogP contribution in [-0.4, -0.2) is 31.2 Å². The SMILES string of the molecule is O=C(OCC(F)(F)F)[C@H]1CCCC[C@H]1C(=O)NCC12CC3CC(CC(C3)C1)C2. The van der Waals surface area contributed by atoms with Gasteiger partial charge in [0.1, 0.15) is 0 Å². The molecule has 5 aliphatic rings. The quantitative estimate of drug-likeness (QED) is 0.702. The number of rotatable bonds is 5. The van der Waals surface area contributed by atoms with E-state index in [1.807, 2.05) is 0 Å². The van der Waals surface area contributed by atoms with Crippen molar-refractivity contribution in [1.82, 2.24) is 5.32 Å². The third-order valence-corrected chi connectivity index (χ3v) is 7.59. The first-order valence-corrected chi connectivity index (χ1v) is 10.7. The van der Waals surface area contributed by atoms with E-state index in [0.717, 1.165) is 30.6 Å². The predicted octanol–water partition coefficient (Wildman–Crippen LogP) is 4.23. The highest BCUT2D eigenvalue weighted by Crippen LogP contribution is 2.59. The van der Waals surface area contributed by atoms with E-state index in [9.17, 15) is 22.8 Å². The van der Waals surface area contributed by atoms with E-state index >= 15 is 0 Å². The zero-order valence-corrected chi connectivity index (χ0v) is 16.2. The molecule has 4 nitrogen and oxygen atoms in total. The molecule has 1 N–H and O–H groups in total. The Morgan fingerprint density at radius 1 is 0.929 bits per heavy atom. The van der Waals surface area contributed by atoms with Gasteiger partial charge in [-0.2, -0.15) is 13.2 Å². The van der Waals surface area contributed by atoms with Gasteiger partial charge in [0.15, 0.2) is 6.61 Å². The monoisotopic (exact) mass is 401 g/mol. The number of carbonyl (C=O) groups is 2. The smallest absolute Gasteiger partial charge is 0.422 e. The number of nitrogens with one attached hydrogen (secondary N) is 1.